The third-order valence-corrected chi connectivity index (χ3v) is 5.53. The van der Waals surface area contributed by atoms with Gasteiger partial charge in [-0.15, -0.1) is 0 Å². The van der Waals surface area contributed by atoms with E-state index in [2.05, 4.69) is 15.4 Å². The minimum Gasteiger partial charge on any atom is -0.308 e. The molecule has 1 atom stereocenters. The van der Waals surface area contributed by atoms with Crippen molar-refractivity contribution >= 4 is 57.3 Å². The van der Waals surface area contributed by atoms with Crippen LogP contribution in [-0.2, 0) is 11.0 Å². The second-order valence-corrected chi connectivity index (χ2v) is 7.83. The third-order valence-electron chi connectivity index (χ3n) is 3.69. The molecule has 0 aliphatic carbocycles. The minimum atomic E-state index is -1.58. The fourth-order valence-corrected chi connectivity index (χ4v) is 3.57. The number of nitrogens with one attached hydrogen (secondary N) is 3. The summed E-state index contributed by atoms with van der Waals surface area (Å²) in [5, 5.41) is 15.0. The summed E-state index contributed by atoms with van der Waals surface area (Å²) in [4.78, 5) is 12.7. The van der Waals surface area contributed by atoms with Crippen molar-refractivity contribution in [3.63, 3.8) is 0 Å². The SMILES string of the molecule is N#Cc1cccc(NC(=O)Nc2cccc(S(=O)Nc3ccc(Cl)c(Cl)c3)c2)c1. The molecule has 0 radical (unpaired) electrons. The molecule has 0 spiro atoms. The molecule has 6 nitrogen and oxygen atoms in total. The molecule has 1 unspecified atom stereocenters. The molecule has 9 heteroatoms. The van der Waals surface area contributed by atoms with Crippen LogP contribution < -0.4 is 15.4 Å². The predicted octanol–water partition coefficient (Wildman–Crippen LogP) is 5.64. The summed E-state index contributed by atoms with van der Waals surface area (Å²) >= 11 is 11.8. The zero-order valence-corrected chi connectivity index (χ0v) is 17.1. The van der Waals surface area contributed by atoms with Gasteiger partial charge in [-0.25, -0.2) is 9.00 Å². The zero-order valence-electron chi connectivity index (χ0n) is 14.8. The number of hydrogen-bond acceptors (Lipinski definition) is 3. The molecule has 0 fully saturated rings. The first kappa shape index (κ1) is 20.7. The largest absolute Gasteiger partial charge is 0.323 e. The van der Waals surface area contributed by atoms with Crippen molar-refractivity contribution in [2.75, 3.05) is 15.4 Å². The number of hydrogen-bond donors (Lipinski definition) is 3. The lowest BCUT2D eigenvalue weighted by atomic mass is 10.2. The summed E-state index contributed by atoms with van der Waals surface area (Å²) in [5.41, 5.74) is 1.93. The molecule has 0 aliphatic heterocycles. The Bertz CT molecular complexity index is 1130. The maximum absolute atomic E-state index is 12.6. The number of urea groups is 1. The first-order valence-electron chi connectivity index (χ1n) is 8.26. The standard InChI is InChI=1S/C20H14Cl2N4O2S/c21-18-8-7-16(11-19(18)22)26-29(28)17-6-2-5-15(10-17)25-20(27)24-14-4-1-3-13(9-14)12-23/h1-11,26H,(H2,24,25,27). The number of nitriles is 1. The molecular formula is C20H14Cl2N4O2S. The molecule has 3 aromatic carbocycles. The Kier molecular flexibility index (Phi) is 6.73. The number of rotatable bonds is 5. The van der Waals surface area contributed by atoms with E-state index >= 15 is 0 Å². The van der Waals surface area contributed by atoms with Crippen LogP contribution in [0.4, 0.5) is 21.9 Å². The van der Waals surface area contributed by atoms with Gasteiger partial charge in [-0.05, 0) is 54.6 Å². The summed E-state index contributed by atoms with van der Waals surface area (Å²) in [7, 11) is -1.58. The van der Waals surface area contributed by atoms with Gasteiger partial charge in [0.15, 0.2) is 0 Å². The van der Waals surface area contributed by atoms with Gasteiger partial charge in [0.2, 0.25) is 0 Å². The van der Waals surface area contributed by atoms with Crippen LogP contribution in [0, 0.1) is 11.3 Å². The summed E-state index contributed by atoms with van der Waals surface area (Å²) in [6.07, 6.45) is 0. The minimum absolute atomic E-state index is 0.348. The van der Waals surface area contributed by atoms with Gasteiger partial charge in [0.1, 0.15) is 11.0 Å². The first-order valence-corrected chi connectivity index (χ1v) is 10.2. The highest BCUT2D eigenvalue weighted by molar-refractivity contribution is 7.86. The Morgan fingerprint density at radius 1 is 0.862 bits per heavy atom. The number of anilines is 3. The van der Waals surface area contributed by atoms with E-state index in [0.717, 1.165) is 0 Å². The van der Waals surface area contributed by atoms with Crippen LogP contribution in [0.1, 0.15) is 5.56 Å². The third kappa shape index (κ3) is 5.72. The van der Waals surface area contributed by atoms with Crippen molar-refractivity contribution in [3.8, 4) is 6.07 Å². The van der Waals surface area contributed by atoms with Gasteiger partial charge in [-0.3, -0.25) is 0 Å². The smallest absolute Gasteiger partial charge is 0.308 e. The average Bonchev–Trinajstić information content (AvgIpc) is 2.71. The summed E-state index contributed by atoms with van der Waals surface area (Å²) in [6.45, 7) is 0. The van der Waals surface area contributed by atoms with E-state index in [9.17, 15) is 9.00 Å². The Balaban J connectivity index is 1.66. The molecule has 0 saturated carbocycles. The van der Waals surface area contributed by atoms with E-state index in [4.69, 9.17) is 28.5 Å². The summed E-state index contributed by atoms with van der Waals surface area (Å²) in [6, 6.07) is 19.5. The lowest BCUT2D eigenvalue weighted by molar-refractivity contribution is 0.262. The van der Waals surface area contributed by atoms with Crippen LogP contribution in [0.5, 0.6) is 0 Å². The van der Waals surface area contributed by atoms with E-state index in [1.807, 2.05) is 6.07 Å². The highest BCUT2D eigenvalue weighted by atomic mass is 35.5. The van der Waals surface area contributed by atoms with E-state index < -0.39 is 17.0 Å². The van der Waals surface area contributed by atoms with Crippen LogP contribution in [-0.4, -0.2) is 10.2 Å². The van der Waals surface area contributed by atoms with Crippen molar-refractivity contribution in [2.24, 2.45) is 0 Å². The maximum atomic E-state index is 12.6. The Morgan fingerprint density at radius 3 is 2.24 bits per heavy atom. The fraction of sp³-hybridized carbons (Fsp3) is 0. The second-order valence-electron chi connectivity index (χ2n) is 5.80. The molecule has 0 bridgehead atoms. The number of nitrogens with zero attached hydrogens (tertiary/aromatic N) is 1. The quantitative estimate of drug-likeness (QED) is 0.474. The summed E-state index contributed by atoms with van der Waals surface area (Å²) in [5.74, 6) is 0. The number of amides is 2. The molecule has 2 amide bonds. The van der Waals surface area contributed by atoms with E-state index in [-0.39, 0.29) is 0 Å². The van der Waals surface area contributed by atoms with Gasteiger partial charge < -0.3 is 15.4 Å². The van der Waals surface area contributed by atoms with Crippen LogP contribution in [0.25, 0.3) is 0 Å². The number of benzene rings is 3. The van der Waals surface area contributed by atoms with Gasteiger partial charge in [0.05, 0.1) is 26.6 Å². The first-order chi connectivity index (χ1) is 13.9. The van der Waals surface area contributed by atoms with Crippen molar-refractivity contribution in [1.29, 1.82) is 5.26 Å². The van der Waals surface area contributed by atoms with Crippen LogP contribution in [0.3, 0.4) is 0 Å². The topological polar surface area (TPSA) is 94.0 Å². The molecule has 29 heavy (non-hydrogen) atoms. The van der Waals surface area contributed by atoms with Gasteiger partial charge in [-0.1, -0.05) is 35.3 Å². The van der Waals surface area contributed by atoms with Gasteiger partial charge in [-0.2, -0.15) is 5.26 Å². The van der Waals surface area contributed by atoms with Gasteiger partial charge in [0.25, 0.3) is 0 Å². The molecule has 0 saturated heterocycles. The molecular weight excluding hydrogens is 431 g/mol. The summed E-state index contributed by atoms with van der Waals surface area (Å²) < 4.78 is 15.4. The molecule has 3 N–H and O–H groups in total. The number of carbonyl (C=O) groups is 1. The monoisotopic (exact) mass is 444 g/mol. The number of halogens is 2. The fourth-order valence-electron chi connectivity index (χ4n) is 2.37. The maximum Gasteiger partial charge on any atom is 0.323 e. The lowest BCUT2D eigenvalue weighted by Crippen LogP contribution is -2.19. The van der Waals surface area contributed by atoms with Gasteiger partial charge >= 0.3 is 6.03 Å². The lowest BCUT2D eigenvalue weighted by Gasteiger charge is -2.10. The molecule has 0 aromatic heterocycles. The molecule has 0 aliphatic rings. The van der Waals surface area contributed by atoms with Crippen LogP contribution in [0.15, 0.2) is 71.6 Å². The van der Waals surface area contributed by atoms with Crippen LogP contribution in [0.2, 0.25) is 10.0 Å². The number of carbonyl (C=O) groups excluding carboxylic acids is 1. The molecule has 146 valence electrons. The Hall–Kier alpha value is -3.05. The van der Waals surface area contributed by atoms with E-state index in [0.29, 0.717) is 37.6 Å². The van der Waals surface area contributed by atoms with Crippen LogP contribution >= 0.6 is 23.2 Å². The average molecular weight is 445 g/mol. The highest BCUT2D eigenvalue weighted by Crippen LogP contribution is 2.26. The predicted molar refractivity (Wildman–Crippen MR) is 117 cm³/mol. The molecule has 3 rings (SSSR count). The Labute approximate surface area is 180 Å². The van der Waals surface area contributed by atoms with E-state index in [1.165, 1.54) is 0 Å². The van der Waals surface area contributed by atoms with Crippen molar-refractivity contribution < 1.29 is 9.00 Å². The second kappa shape index (κ2) is 9.43. The van der Waals surface area contributed by atoms with Crippen molar-refractivity contribution in [3.05, 3.63) is 82.3 Å². The Morgan fingerprint density at radius 2 is 1.55 bits per heavy atom. The zero-order chi connectivity index (χ0) is 20.8. The van der Waals surface area contributed by atoms with Gasteiger partial charge in [0, 0.05) is 17.1 Å². The van der Waals surface area contributed by atoms with E-state index in [1.54, 1.807) is 66.7 Å². The van der Waals surface area contributed by atoms with Crippen molar-refractivity contribution in [2.45, 2.75) is 4.90 Å². The molecule has 3 aromatic rings. The highest BCUT2D eigenvalue weighted by Gasteiger charge is 2.09. The van der Waals surface area contributed by atoms with Crippen molar-refractivity contribution in [1.82, 2.24) is 0 Å². The normalized spacial score (nSPS) is 11.2. The molecule has 0 heterocycles.